The van der Waals surface area contributed by atoms with Gasteiger partial charge >= 0.3 is 0 Å². The first-order chi connectivity index (χ1) is 11.1. The maximum absolute atomic E-state index is 12.4. The first-order valence-electron chi connectivity index (χ1n) is 7.67. The molecule has 1 aromatic heterocycles. The van der Waals surface area contributed by atoms with Crippen LogP contribution in [-0.2, 0) is 4.74 Å². The number of benzene rings is 1. The molecule has 0 spiro atoms. The molecule has 0 bridgehead atoms. The van der Waals surface area contributed by atoms with Gasteiger partial charge in [-0.25, -0.2) is 4.98 Å². The predicted octanol–water partition coefficient (Wildman–Crippen LogP) is 3.40. The number of ether oxygens (including phenoxy) is 1. The molecule has 0 fully saturated rings. The first kappa shape index (κ1) is 17.0. The Balaban J connectivity index is 2.01. The number of pyridine rings is 1. The second-order valence-electron chi connectivity index (χ2n) is 5.53. The number of rotatable bonds is 7. The Bertz CT molecular complexity index is 651. The fourth-order valence-corrected chi connectivity index (χ4v) is 2.35. The van der Waals surface area contributed by atoms with Crippen molar-refractivity contribution in [3.8, 4) is 0 Å². The van der Waals surface area contributed by atoms with Crippen LogP contribution in [0.1, 0.15) is 27.9 Å². The van der Waals surface area contributed by atoms with E-state index in [4.69, 9.17) is 4.74 Å². The van der Waals surface area contributed by atoms with Gasteiger partial charge in [-0.3, -0.25) is 4.79 Å². The first-order valence-corrected chi connectivity index (χ1v) is 7.67. The van der Waals surface area contributed by atoms with Crippen LogP contribution in [-0.4, -0.2) is 31.2 Å². The van der Waals surface area contributed by atoms with Crippen molar-refractivity contribution in [2.24, 2.45) is 0 Å². The summed E-state index contributed by atoms with van der Waals surface area (Å²) in [5.74, 6) is 0.548. The summed E-state index contributed by atoms with van der Waals surface area (Å²) in [4.78, 5) is 16.6. The minimum Gasteiger partial charge on any atom is -0.385 e. The van der Waals surface area contributed by atoms with Crippen molar-refractivity contribution in [1.29, 1.82) is 0 Å². The van der Waals surface area contributed by atoms with E-state index >= 15 is 0 Å². The van der Waals surface area contributed by atoms with E-state index in [0.717, 1.165) is 29.8 Å². The number of carbonyl (C=O) groups excluding carboxylic acids is 1. The van der Waals surface area contributed by atoms with Crippen molar-refractivity contribution in [3.63, 3.8) is 0 Å². The third-order valence-electron chi connectivity index (χ3n) is 3.33. The zero-order valence-corrected chi connectivity index (χ0v) is 13.8. The van der Waals surface area contributed by atoms with Gasteiger partial charge in [-0.2, -0.15) is 0 Å². The molecule has 1 heterocycles. The lowest BCUT2D eigenvalue weighted by Crippen LogP contribution is -2.13. The smallest absolute Gasteiger partial charge is 0.255 e. The summed E-state index contributed by atoms with van der Waals surface area (Å²) in [5, 5.41) is 6.11. The highest BCUT2D eigenvalue weighted by molar-refractivity contribution is 6.04. The molecule has 2 rings (SSSR count). The molecule has 0 saturated heterocycles. The highest BCUT2D eigenvalue weighted by Gasteiger charge is 2.08. The number of anilines is 2. The maximum Gasteiger partial charge on any atom is 0.255 e. The highest BCUT2D eigenvalue weighted by Crippen LogP contribution is 2.15. The number of aromatic nitrogens is 1. The molecule has 122 valence electrons. The quantitative estimate of drug-likeness (QED) is 0.769. The van der Waals surface area contributed by atoms with Crippen LogP contribution in [0.4, 0.5) is 11.5 Å². The molecule has 0 aliphatic heterocycles. The van der Waals surface area contributed by atoms with E-state index in [1.165, 1.54) is 0 Å². The number of amides is 1. The van der Waals surface area contributed by atoms with Crippen LogP contribution < -0.4 is 10.6 Å². The minimum absolute atomic E-state index is 0.141. The van der Waals surface area contributed by atoms with Crippen molar-refractivity contribution in [2.75, 3.05) is 30.9 Å². The molecule has 0 unspecified atom stereocenters. The Kier molecular flexibility index (Phi) is 6.11. The molecule has 0 radical (unpaired) electrons. The lowest BCUT2D eigenvalue weighted by Gasteiger charge is -2.09. The molecule has 0 saturated carbocycles. The minimum atomic E-state index is -0.141. The van der Waals surface area contributed by atoms with E-state index < -0.39 is 0 Å². The van der Waals surface area contributed by atoms with Crippen LogP contribution >= 0.6 is 0 Å². The summed E-state index contributed by atoms with van der Waals surface area (Å²) in [6.45, 7) is 5.47. The van der Waals surface area contributed by atoms with Crippen molar-refractivity contribution >= 4 is 17.4 Å². The zero-order chi connectivity index (χ0) is 16.7. The number of hydrogen-bond acceptors (Lipinski definition) is 4. The monoisotopic (exact) mass is 313 g/mol. The van der Waals surface area contributed by atoms with E-state index in [0.29, 0.717) is 18.0 Å². The lowest BCUT2D eigenvalue weighted by molar-refractivity contribution is 0.102. The van der Waals surface area contributed by atoms with E-state index in [1.54, 1.807) is 25.4 Å². The van der Waals surface area contributed by atoms with Crippen LogP contribution in [0.5, 0.6) is 0 Å². The van der Waals surface area contributed by atoms with Crippen LogP contribution in [0, 0.1) is 13.8 Å². The Morgan fingerprint density at radius 3 is 2.61 bits per heavy atom. The molecule has 5 nitrogen and oxygen atoms in total. The number of hydrogen-bond donors (Lipinski definition) is 2. The van der Waals surface area contributed by atoms with Gasteiger partial charge < -0.3 is 15.4 Å². The Labute approximate surface area is 137 Å². The lowest BCUT2D eigenvalue weighted by atomic mass is 10.1. The summed E-state index contributed by atoms with van der Waals surface area (Å²) < 4.78 is 5.00. The molecule has 5 heteroatoms. The number of nitrogens with zero attached hydrogens (tertiary/aromatic N) is 1. The van der Waals surface area contributed by atoms with Crippen LogP contribution in [0.15, 0.2) is 36.5 Å². The Hall–Kier alpha value is -2.40. The standard InChI is InChI=1S/C18H23N3O2/c1-13-9-14(2)11-16(10-13)21-18(22)15-5-7-20-17(12-15)19-6-4-8-23-3/h5,7,9-12H,4,6,8H2,1-3H3,(H,19,20)(H,21,22). The third-order valence-corrected chi connectivity index (χ3v) is 3.33. The Morgan fingerprint density at radius 1 is 1.17 bits per heavy atom. The summed E-state index contributed by atoms with van der Waals surface area (Å²) in [5.41, 5.74) is 3.62. The van der Waals surface area contributed by atoms with Crippen molar-refractivity contribution in [2.45, 2.75) is 20.3 Å². The van der Waals surface area contributed by atoms with Gasteiger partial charge in [0.15, 0.2) is 0 Å². The molecule has 1 amide bonds. The van der Waals surface area contributed by atoms with Gasteiger partial charge in [0.25, 0.3) is 5.91 Å². The fraction of sp³-hybridized carbons (Fsp3) is 0.333. The van der Waals surface area contributed by atoms with Gasteiger partial charge in [0.05, 0.1) is 0 Å². The SMILES string of the molecule is COCCCNc1cc(C(=O)Nc2cc(C)cc(C)c2)ccn1. The fourth-order valence-electron chi connectivity index (χ4n) is 2.35. The van der Waals surface area contributed by atoms with Crippen LogP contribution in [0.25, 0.3) is 0 Å². The second kappa shape index (κ2) is 8.29. The summed E-state index contributed by atoms with van der Waals surface area (Å²) in [6, 6.07) is 9.44. The predicted molar refractivity (Wildman–Crippen MR) is 93.1 cm³/mol. The molecule has 0 aliphatic carbocycles. The van der Waals surface area contributed by atoms with Crippen molar-refractivity contribution in [3.05, 3.63) is 53.2 Å². The van der Waals surface area contributed by atoms with E-state index in [1.807, 2.05) is 26.0 Å². The van der Waals surface area contributed by atoms with Crippen molar-refractivity contribution < 1.29 is 9.53 Å². The molecular formula is C18H23N3O2. The largest absolute Gasteiger partial charge is 0.385 e. The van der Waals surface area contributed by atoms with Gasteiger partial charge in [0.2, 0.25) is 0 Å². The number of methoxy groups -OCH3 is 1. The van der Waals surface area contributed by atoms with Gasteiger partial charge in [-0.15, -0.1) is 0 Å². The van der Waals surface area contributed by atoms with Gasteiger partial charge in [0, 0.05) is 37.7 Å². The molecule has 0 aliphatic rings. The van der Waals surface area contributed by atoms with Crippen LogP contribution in [0.3, 0.4) is 0 Å². The summed E-state index contributed by atoms with van der Waals surface area (Å²) >= 11 is 0. The Morgan fingerprint density at radius 2 is 1.91 bits per heavy atom. The van der Waals surface area contributed by atoms with Gasteiger partial charge in [-0.05, 0) is 55.7 Å². The highest BCUT2D eigenvalue weighted by atomic mass is 16.5. The van der Waals surface area contributed by atoms with E-state index in [9.17, 15) is 4.79 Å². The number of aryl methyl sites for hydroxylation is 2. The van der Waals surface area contributed by atoms with Crippen LogP contribution in [0.2, 0.25) is 0 Å². The van der Waals surface area contributed by atoms with E-state index in [2.05, 4.69) is 21.7 Å². The van der Waals surface area contributed by atoms with E-state index in [-0.39, 0.29) is 5.91 Å². The molecule has 2 N–H and O–H groups in total. The number of carbonyl (C=O) groups is 1. The third kappa shape index (κ3) is 5.38. The average Bonchev–Trinajstić information content (AvgIpc) is 2.51. The molecule has 0 atom stereocenters. The topological polar surface area (TPSA) is 63.2 Å². The molecule has 23 heavy (non-hydrogen) atoms. The zero-order valence-electron chi connectivity index (χ0n) is 13.8. The van der Waals surface area contributed by atoms with Crippen molar-refractivity contribution in [1.82, 2.24) is 4.98 Å². The molecule has 2 aromatic rings. The average molecular weight is 313 g/mol. The van der Waals surface area contributed by atoms with Gasteiger partial charge in [-0.1, -0.05) is 6.07 Å². The maximum atomic E-state index is 12.4. The van der Waals surface area contributed by atoms with Gasteiger partial charge in [0.1, 0.15) is 5.82 Å². The second-order valence-corrected chi connectivity index (χ2v) is 5.53. The number of nitrogens with one attached hydrogen (secondary N) is 2. The molecule has 1 aromatic carbocycles. The normalized spacial score (nSPS) is 10.4. The summed E-state index contributed by atoms with van der Waals surface area (Å²) in [6.07, 6.45) is 2.52. The molecular weight excluding hydrogens is 290 g/mol. The summed E-state index contributed by atoms with van der Waals surface area (Å²) in [7, 11) is 1.68.